The predicted octanol–water partition coefficient (Wildman–Crippen LogP) is 3.93. The lowest BCUT2D eigenvalue weighted by molar-refractivity contribution is 0.619. The van der Waals surface area contributed by atoms with Crippen LogP contribution in [-0.2, 0) is 0 Å². The molecule has 0 bridgehead atoms. The van der Waals surface area contributed by atoms with Crippen LogP contribution in [0.2, 0.25) is 0 Å². The molecule has 84 valence electrons. The van der Waals surface area contributed by atoms with Crippen LogP contribution in [0.25, 0.3) is 16.7 Å². The van der Waals surface area contributed by atoms with Crippen LogP contribution in [0.3, 0.4) is 0 Å². The fourth-order valence-electron chi connectivity index (χ4n) is 1.83. The maximum Gasteiger partial charge on any atom is 0.147 e. The van der Waals surface area contributed by atoms with Crippen molar-refractivity contribution in [2.75, 3.05) is 0 Å². The molecule has 0 saturated carbocycles. The highest BCUT2D eigenvalue weighted by Gasteiger charge is 2.08. The van der Waals surface area contributed by atoms with E-state index in [2.05, 4.69) is 20.9 Å². The summed E-state index contributed by atoms with van der Waals surface area (Å²) in [7, 11) is 0. The van der Waals surface area contributed by atoms with E-state index in [0.29, 0.717) is 5.69 Å². The summed E-state index contributed by atoms with van der Waals surface area (Å²) in [5, 5.41) is 0.992. The van der Waals surface area contributed by atoms with E-state index in [0.717, 1.165) is 15.5 Å². The van der Waals surface area contributed by atoms with Gasteiger partial charge in [-0.2, -0.15) is 0 Å². The van der Waals surface area contributed by atoms with Crippen LogP contribution >= 0.6 is 15.9 Å². The quantitative estimate of drug-likeness (QED) is 0.664. The molecule has 0 amide bonds. The smallest absolute Gasteiger partial charge is 0.147 e. The topological polar surface area (TPSA) is 17.8 Å². The predicted molar refractivity (Wildman–Crippen MR) is 68.7 cm³/mol. The van der Waals surface area contributed by atoms with Gasteiger partial charge >= 0.3 is 0 Å². The van der Waals surface area contributed by atoms with Crippen LogP contribution in [0.5, 0.6) is 0 Å². The molecule has 0 spiro atoms. The van der Waals surface area contributed by atoms with Gasteiger partial charge in [-0.1, -0.05) is 15.9 Å². The van der Waals surface area contributed by atoms with Crippen molar-refractivity contribution < 1.29 is 4.39 Å². The van der Waals surface area contributed by atoms with Gasteiger partial charge in [0.15, 0.2) is 0 Å². The van der Waals surface area contributed by atoms with Crippen molar-refractivity contribution >= 4 is 27.0 Å². The molecule has 2 heterocycles. The molecule has 0 aliphatic rings. The minimum atomic E-state index is -0.267. The first-order valence-electron chi connectivity index (χ1n) is 5.13. The van der Waals surface area contributed by atoms with Gasteiger partial charge in [0.2, 0.25) is 0 Å². The second-order valence-electron chi connectivity index (χ2n) is 3.70. The standard InChI is InChI=1S/C13H8BrFN2/c14-10-3-4-11(15)12(8-10)17-7-5-9-2-1-6-16-13(9)17/h1-8H. The Morgan fingerprint density at radius 3 is 2.94 bits per heavy atom. The highest BCUT2D eigenvalue weighted by atomic mass is 79.9. The number of pyridine rings is 1. The first-order valence-corrected chi connectivity index (χ1v) is 5.92. The van der Waals surface area contributed by atoms with E-state index in [-0.39, 0.29) is 5.82 Å². The number of fused-ring (bicyclic) bond motifs is 1. The third-order valence-corrected chi connectivity index (χ3v) is 3.11. The molecule has 0 aliphatic heterocycles. The van der Waals surface area contributed by atoms with Gasteiger partial charge in [0.25, 0.3) is 0 Å². The molecule has 0 N–H and O–H groups in total. The summed E-state index contributed by atoms with van der Waals surface area (Å²) in [6.07, 6.45) is 3.53. The highest BCUT2D eigenvalue weighted by molar-refractivity contribution is 9.10. The van der Waals surface area contributed by atoms with Crippen LogP contribution in [0, 0.1) is 5.82 Å². The van der Waals surface area contributed by atoms with Gasteiger partial charge < -0.3 is 0 Å². The molecular weight excluding hydrogens is 283 g/mol. The Hall–Kier alpha value is -1.68. The Balaban J connectivity index is 2.31. The molecular formula is C13H8BrFN2. The van der Waals surface area contributed by atoms with Gasteiger partial charge in [0.05, 0.1) is 5.69 Å². The number of hydrogen-bond acceptors (Lipinski definition) is 1. The third kappa shape index (κ3) is 1.74. The summed E-state index contributed by atoms with van der Waals surface area (Å²) in [6.45, 7) is 0. The van der Waals surface area contributed by atoms with Crippen LogP contribution < -0.4 is 0 Å². The van der Waals surface area contributed by atoms with Crippen LogP contribution in [0.1, 0.15) is 0 Å². The number of hydrogen-bond donors (Lipinski definition) is 0. The summed E-state index contributed by atoms with van der Waals surface area (Å²) >= 11 is 3.35. The molecule has 3 rings (SSSR count). The monoisotopic (exact) mass is 290 g/mol. The lowest BCUT2D eigenvalue weighted by Gasteiger charge is -2.06. The summed E-state index contributed by atoms with van der Waals surface area (Å²) < 4.78 is 16.4. The van der Waals surface area contributed by atoms with Gasteiger partial charge in [-0.05, 0) is 36.4 Å². The minimum Gasteiger partial charge on any atom is -0.298 e. The molecule has 0 aliphatic carbocycles. The van der Waals surface area contributed by atoms with Crippen molar-refractivity contribution in [2.24, 2.45) is 0 Å². The molecule has 0 unspecified atom stereocenters. The maximum absolute atomic E-state index is 13.8. The Bertz CT molecular complexity index is 691. The Kier molecular flexibility index (Phi) is 2.44. The Morgan fingerprint density at radius 2 is 2.06 bits per heavy atom. The van der Waals surface area contributed by atoms with Gasteiger partial charge in [-0.3, -0.25) is 4.57 Å². The van der Waals surface area contributed by atoms with Crippen molar-refractivity contribution in [1.82, 2.24) is 9.55 Å². The zero-order valence-electron chi connectivity index (χ0n) is 8.77. The summed E-state index contributed by atoms with van der Waals surface area (Å²) in [5.41, 5.74) is 1.25. The van der Waals surface area contributed by atoms with Crippen LogP contribution in [-0.4, -0.2) is 9.55 Å². The van der Waals surface area contributed by atoms with E-state index in [1.165, 1.54) is 6.07 Å². The lowest BCUT2D eigenvalue weighted by Crippen LogP contribution is -1.97. The van der Waals surface area contributed by atoms with E-state index in [4.69, 9.17) is 0 Å². The lowest BCUT2D eigenvalue weighted by atomic mass is 10.3. The summed E-state index contributed by atoms with van der Waals surface area (Å²) in [4.78, 5) is 4.27. The van der Waals surface area contributed by atoms with Gasteiger partial charge in [0.1, 0.15) is 11.5 Å². The molecule has 2 aromatic heterocycles. The molecule has 0 atom stereocenters. The number of benzene rings is 1. The average molecular weight is 291 g/mol. The number of aromatic nitrogens is 2. The molecule has 0 radical (unpaired) electrons. The SMILES string of the molecule is Fc1ccc(Br)cc1-n1ccc2cccnc21. The van der Waals surface area contributed by atoms with Crippen molar-refractivity contribution in [3.05, 3.63) is 59.1 Å². The minimum absolute atomic E-state index is 0.267. The average Bonchev–Trinajstić information content (AvgIpc) is 2.76. The number of rotatable bonds is 1. The molecule has 4 heteroatoms. The van der Waals surface area contributed by atoms with Crippen molar-refractivity contribution in [3.63, 3.8) is 0 Å². The number of halogens is 2. The summed E-state index contributed by atoms with van der Waals surface area (Å²) in [6, 6.07) is 10.6. The first kappa shape index (κ1) is 10.5. The van der Waals surface area contributed by atoms with Crippen molar-refractivity contribution in [1.29, 1.82) is 0 Å². The molecule has 0 saturated heterocycles. The molecule has 2 nitrogen and oxygen atoms in total. The molecule has 17 heavy (non-hydrogen) atoms. The molecule has 0 fully saturated rings. The second kappa shape index (κ2) is 3.96. The van der Waals surface area contributed by atoms with Crippen molar-refractivity contribution in [2.45, 2.75) is 0 Å². The first-order chi connectivity index (χ1) is 8.25. The highest BCUT2D eigenvalue weighted by Crippen LogP contribution is 2.23. The van der Waals surface area contributed by atoms with Crippen LogP contribution in [0.4, 0.5) is 4.39 Å². The van der Waals surface area contributed by atoms with E-state index < -0.39 is 0 Å². The number of nitrogens with zero attached hydrogens (tertiary/aromatic N) is 2. The fourth-order valence-corrected chi connectivity index (χ4v) is 2.18. The third-order valence-electron chi connectivity index (χ3n) is 2.62. The van der Waals surface area contributed by atoms with Crippen molar-refractivity contribution in [3.8, 4) is 5.69 Å². The van der Waals surface area contributed by atoms with E-state index in [1.54, 1.807) is 22.9 Å². The van der Waals surface area contributed by atoms with Gasteiger partial charge in [-0.25, -0.2) is 9.37 Å². The second-order valence-corrected chi connectivity index (χ2v) is 4.61. The fraction of sp³-hybridized carbons (Fsp3) is 0. The zero-order valence-corrected chi connectivity index (χ0v) is 10.4. The molecule has 3 aromatic rings. The van der Waals surface area contributed by atoms with Gasteiger partial charge in [0, 0.05) is 22.3 Å². The van der Waals surface area contributed by atoms with Gasteiger partial charge in [-0.15, -0.1) is 0 Å². The Morgan fingerprint density at radius 1 is 1.18 bits per heavy atom. The normalized spacial score (nSPS) is 10.9. The van der Waals surface area contributed by atoms with Crippen LogP contribution in [0.15, 0.2) is 53.3 Å². The molecule has 1 aromatic carbocycles. The Labute approximate surface area is 106 Å². The largest absolute Gasteiger partial charge is 0.298 e. The van der Waals surface area contributed by atoms with E-state index >= 15 is 0 Å². The maximum atomic E-state index is 13.8. The van der Waals surface area contributed by atoms with E-state index in [1.807, 2.05) is 24.4 Å². The zero-order chi connectivity index (χ0) is 11.8. The summed E-state index contributed by atoms with van der Waals surface area (Å²) in [5.74, 6) is -0.267. The van der Waals surface area contributed by atoms with E-state index in [9.17, 15) is 4.39 Å².